The molecule has 0 saturated heterocycles. The first-order chi connectivity index (χ1) is 10.6. The molecule has 0 radical (unpaired) electrons. The van der Waals surface area contributed by atoms with Gasteiger partial charge in [0.15, 0.2) is 0 Å². The summed E-state index contributed by atoms with van der Waals surface area (Å²) >= 11 is 0. The monoisotopic (exact) mass is 295 g/mol. The first-order valence-corrected chi connectivity index (χ1v) is 7.17. The number of fused-ring (bicyclic) bond motifs is 1. The molecule has 0 unspecified atom stereocenters. The third kappa shape index (κ3) is 2.95. The molecule has 0 fully saturated rings. The third-order valence-corrected chi connectivity index (χ3v) is 3.38. The summed E-state index contributed by atoms with van der Waals surface area (Å²) in [6, 6.07) is 9.19. The smallest absolute Gasteiger partial charge is 0.258 e. The summed E-state index contributed by atoms with van der Waals surface area (Å²) in [5.74, 6) is 1.63. The van der Waals surface area contributed by atoms with Crippen LogP contribution in [0.15, 0.2) is 41.5 Å². The van der Waals surface area contributed by atoms with Gasteiger partial charge in [0.2, 0.25) is 0 Å². The van der Waals surface area contributed by atoms with Crippen LogP contribution in [0.3, 0.4) is 0 Å². The minimum Gasteiger partial charge on any atom is -0.363 e. The molecule has 0 aliphatic rings. The molecule has 0 atom stereocenters. The van der Waals surface area contributed by atoms with E-state index in [9.17, 15) is 4.79 Å². The largest absolute Gasteiger partial charge is 0.363 e. The zero-order valence-corrected chi connectivity index (χ0v) is 12.5. The number of aromatic amines is 1. The predicted molar refractivity (Wildman–Crippen MR) is 85.8 cm³/mol. The predicted octanol–water partition coefficient (Wildman–Crippen LogP) is 2.45. The number of H-pyrrole nitrogens is 1. The van der Waals surface area contributed by atoms with Crippen LogP contribution < -0.4 is 10.9 Å². The SMILES string of the molecule is CC(C)c1cc(NCc2nc3ccccc3c(=O)[nH]2)ncn1. The van der Waals surface area contributed by atoms with Crippen molar-refractivity contribution in [2.24, 2.45) is 0 Å². The maximum Gasteiger partial charge on any atom is 0.258 e. The molecular weight excluding hydrogens is 278 g/mol. The summed E-state index contributed by atoms with van der Waals surface area (Å²) in [5.41, 5.74) is 1.53. The molecule has 0 aliphatic heterocycles. The summed E-state index contributed by atoms with van der Waals surface area (Å²) in [6.45, 7) is 4.55. The highest BCUT2D eigenvalue weighted by Crippen LogP contribution is 2.14. The van der Waals surface area contributed by atoms with Crippen molar-refractivity contribution in [2.45, 2.75) is 26.3 Å². The molecular formula is C16H17N5O. The number of aromatic nitrogens is 4. The molecule has 2 N–H and O–H groups in total. The summed E-state index contributed by atoms with van der Waals surface area (Å²) in [7, 11) is 0. The Morgan fingerprint density at radius 1 is 1.23 bits per heavy atom. The molecule has 0 spiro atoms. The van der Waals surface area contributed by atoms with E-state index in [0.717, 1.165) is 11.5 Å². The molecule has 0 saturated carbocycles. The fourth-order valence-electron chi connectivity index (χ4n) is 2.18. The van der Waals surface area contributed by atoms with Crippen LogP contribution >= 0.6 is 0 Å². The van der Waals surface area contributed by atoms with Crippen molar-refractivity contribution in [1.82, 2.24) is 19.9 Å². The van der Waals surface area contributed by atoms with E-state index in [2.05, 4.69) is 39.1 Å². The van der Waals surface area contributed by atoms with Crippen molar-refractivity contribution in [3.63, 3.8) is 0 Å². The Bertz CT molecular complexity index is 856. The van der Waals surface area contributed by atoms with Gasteiger partial charge in [0.25, 0.3) is 5.56 Å². The van der Waals surface area contributed by atoms with Gasteiger partial charge in [-0.1, -0.05) is 26.0 Å². The highest BCUT2D eigenvalue weighted by atomic mass is 16.1. The highest BCUT2D eigenvalue weighted by molar-refractivity contribution is 5.77. The van der Waals surface area contributed by atoms with E-state index < -0.39 is 0 Å². The van der Waals surface area contributed by atoms with Gasteiger partial charge in [-0.05, 0) is 18.1 Å². The summed E-state index contributed by atoms with van der Waals surface area (Å²) in [6.07, 6.45) is 1.54. The molecule has 6 heteroatoms. The Kier molecular flexibility index (Phi) is 3.82. The van der Waals surface area contributed by atoms with Crippen molar-refractivity contribution in [3.05, 3.63) is 58.5 Å². The quantitative estimate of drug-likeness (QED) is 0.772. The normalized spacial score (nSPS) is 11.0. The van der Waals surface area contributed by atoms with Gasteiger partial charge in [0, 0.05) is 11.8 Å². The standard InChI is InChI=1S/C16H17N5O/c1-10(2)13-7-14(19-9-18-13)17-8-15-20-12-6-4-3-5-11(12)16(22)21-15/h3-7,9-10H,8H2,1-2H3,(H,17,18,19)(H,20,21,22). The number of benzene rings is 1. The average Bonchev–Trinajstić information content (AvgIpc) is 2.53. The first-order valence-electron chi connectivity index (χ1n) is 7.17. The zero-order chi connectivity index (χ0) is 15.5. The van der Waals surface area contributed by atoms with Crippen molar-refractivity contribution in [3.8, 4) is 0 Å². The number of para-hydroxylation sites is 1. The lowest BCUT2D eigenvalue weighted by atomic mass is 10.1. The second-order valence-corrected chi connectivity index (χ2v) is 5.37. The Morgan fingerprint density at radius 3 is 2.86 bits per heavy atom. The van der Waals surface area contributed by atoms with Crippen molar-refractivity contribution in [2.75, 3.05) is 5.32 Å². The number of nitrogens with one attached hydrogen (secondary N) is 2. The molecule has 2 heterocycles. The number of hydrogen-bond acceptors (Lipinski definition) is 5. The van der Waals surface area contributed by atoms with E-state index >= 15 is 0 Å². The van der Waals surface area contributed by atoms with Gasteiger partial charge in [0.1, 0.15) is 18.0 Å². The second kappa shape index (κ2) is 5.93. The van der Waals surface area contributed by atoms with E-state index in [1.165, 1.54) is 6.33 Å². The minimum absolute atomic E-state index is 0.132. The minimum atomic E-state index is -0.132. The van der Waals surface area contributed by atoms with Gasteiger partial charge in [-0.3, -0.25) is 4.79 Å². The molecule has 112 valence electrons. The lowest BCUT2D eigenvalue weighted by molar-refractivity contribution is 0.812. The average molecular weight is 295 g/mol. The molecule has 6 nitrogen and oxygen atoms in total. The molecule has 3 aromatic rings. The molecule has 22 heavy (non-hydrogen) atoms. The van der Waals surface area contributed by atoms with Crippen LogP contribution in [0.2, 0.25) is 0 Å². The van der Waals surface area contributed by atoms with Crippen LogP contribution in [0.5, 0.6) is 0 Å². The van der Waals surface area contributed by atoms with Crippen molar-refractivity contribution < 1.29 is 0 Å². The van der Waals surface area contributed by atoms with Gasteiger partial charge in [0.05, 0.1) is 17.4 Å². The first kappa shape index (κ1) is 14.2. The maximum absolute atomic E-state index is 12.0. The Hall–Kier alpha value is -2.76. The molecule has 0 bridgehead atoms. The summed E-state index contributed by atoms with van der Waals surface area (Å²) in [5, 5.41) is 3.76. The molecule has 1 aromatic carbocycles. The van der Waals surface area contributed by atoms with Gasteiger partial charge < -0.3 is 10.3 Å². The van der Waals surface area contributed by atoms with Crippen LogP contribution in [0.4, 0.5) is 5.82 Å². The van der Waals surface area contributed by atoms with E-state index in [0.29, 0.717) is 29.2 Å². The van der Waals surface area contributed by atoms with Gasteiger partial charge in [-0.2, -0.15) is 0 Å². The van der Waals surface area contributed by atoms with Crippen LogP contribution in [0, 0.1) is 0 Å². The van der Waals surface area contributed by atoms with E-state index in [1.807, 2.05) is 24.3 Å². The van der Waals surface area contributed by atoms with E-state index in [1.54, 1.807) is 6.07 Å². The fourth-order valence-corrected chi connectivity index (χ4v) is 2.18. The Balaban J connectivity index is 1.82. The number of anilines is 1. The Labute approximate surface area is 127 Å². The lowest BCUT2D eigenvalue weighted by Gasteiger charge is -2.08. The summed E-state index contributed by atoms with van der Waals surface area (Å²) < 4.78 is 0. The van der Waals surface area contributed by atoms with Crippen molar-refractivity contribution in [1.29, 1.82) is 0 Å². The van der Waals surface area contributed by atoms with Crippen molar-refractivity contribution >= 4 is 16.7 Å². The van der Waals surface area contributed by atoms with E-state index in [-0.39, 0.29) is 5.56 Å². The highest BCUT2D eigenvalue weighted by Gasteiger charge is 2.05. The fraction of sp³-hybridized carbons (Fsp3) is 0.250. The van der Waals surface area contributed by atoms with E-state index in [4.69, 9.17) is 0 Å². The molecule has 2 aromatic heterocycles. The topological polar surface area (TPSA) is 83.6 Å². The van der Waals surface area contributed by atoms with Crippen LogP contribution in [-0.2, 0) is 6.54 Å². The lowest BCUT2D eigenvalue weighted by Crippen LogP contribution is -2.15. The van der Waals surface area contributed by atoms with Gasteiger partial charge >= 0.3 is 0 Å². The number of rotatable bonds is 4. The van der Waals surface area contributed by atoms with Gasteiger partial charge in [-0.15, -0.1) is 0 Å². The maximum atomic E-state index is 12.0. The van der Waals surface area contributed by atoms with Crippen LogP contribution in [-0.4, -0.2) is 19.9 Å². The molecule has 0 amide bonds. The van der Waals surface area contributed by atoms with Gasteiger partial charge in [-0.25, -0.2) is 15.0 Å². The zero-order valence-electron chi connectivity index (χ0n) is 12.5. The number of nitrogens with zero attached hydrogens (tertiary/aromatic N) is 3. The second-order valence-electron chi connectivity index (χ2n) is 5.37. The third-order valence-electron chi connectivity index (χ3n) is 3.38. The molecule has 3 rings (SSSR count). The Morgan fingerprint density at radius 2 is 2.05 bits per heavy atom. The number of hydrogen-bond donors (Lipinski definition) is 2. The van der Waals surface area contributed by atoms with Crippen LogP contribution in [0.1, 0.15) is 31.3 Å². The summed E-state index contributed by atoms with van der Waals surface area (Å²) in [4.78, 5) is 27.6. The molecule has 0 aliphatic carbocycles. The van der Waals surface area contributed by atoms with Crippen LogP contribution in [0.25, 0.3) is 10.9 Å².